The van der Waals surface area contributed by atoms with Gasteiger partial charge in [-0.1, -0.05) is 30.3 Å². The van der Waals surface area contributed by atoms with E-state index in [2.05, 4.69) is 15.3 Å². The second-order valence-electron chi connectivity index (χ2n) is 5.00. The summed E-state index contributed by atoms with van der Waals surface area (Å²) in [5, 5.41) is 30.1. The number of nitrogens with zero attached hydrogens (tertiary/aromatic N) is 1. The molecule has 23 heavy (non-hydrogen) atoms. The molecule has 0 unspecified atom stereocenters. The van der Waals surface area contributed by atoms with Gasteiger partial charge in [0.2, 0.25) is 5.91 Å². The van der Waals surface area contributed by atoms with Crippen LogP contribution in [-0.2, 0) is 17.6 Å². The number of rotatable bonds is 7. The molecule has 120 valence electrons. The van der Waals surface area contributed by atoms with E-state index in [1.165, 1.54) is 0 Å². The number of aromatic nitrogens is 2. The number of aromatic amines is 1. The number of hydrogen-bond acceptors (Lipinski definition) is 5. The van der Waals surface area contributed by atoms with Crippen LogP contribution in [0.1, 0.15) is 21.9 Å². The topological polar surface area (TPSA) is 136 Å². The molecule has 1 atom stereocenters. The van der Waals surface area contributed by atoms with Crippen molar-refractivity contribution in [3.05, 3.63) is 53.6 Å². The molecule has 0 spiro atoms. The Hall–Kier alpha value is -2.65. The van der Waals surface area contributed by atoms with Crippen molar-refractivity contribution in [3.8, 4) is 0 Å². The highest BCUT2D eigenvalue weighted by Crippen LogP contribution is 2.04. The van der Waals surface area contributed by atoms with Crippen molar-refractivity contribution in [2.75, 3.05) is 0 Å². The first kappa shape index (κ1) is 16.7. The monoisotopic (exact) mass is 317 g/mol. The average Bonchev–Trinajstić information content (AvgIpc) is 2.96. The second-order valence-corrected chi connectivity index (χ2v) is 5.00. The zero-order valence-electron chi connectivity index (χ0n) is 12.1. The molecule has 0 radical (unpaired) electrons. The summed E-state index contributed by atoms with van der Waals surface area (Å²) in [7, 11) is -1.80. The van der Waals surface area contributed by atoms with Crippen molar-refractivity contribution >= 4 is 19.0 Å². The summed E-state index contributed by atoms with van der Waals surface area (Å²) in [6.45, 7) is 0. The fourth-order valence-electron chi connectivity index (χ4n) is 2.05. The predicted molar refractivity (Wildman–Crippen MR) is 81.5 cm³/mol. The molecular formula is C14H16BN3O5. The van der Waals surface area contributed by atoms with Crippen LogP contribution in [0.4, 0.5) is 0 Å². The molecule has 1 amide bonds. The van der Waals surface area contributed by atoms with E-state index < -0.39 is 19.0 Å². The van der Waals surface area contributed by atoms with Gasteiger partial charge in [0.1, 0.15) is 11.5 Å². The van der Waals surface area contributed by atoms with Crippen LogP contribution in [0.5, 0.6) is 0 Å². The Bertz CT molecular complexity index is 674. The molecule has 2 aromatic rings. The number of H-pyrrole nitrogens is 1. The van der Waals surface area contributed by atoms with Gasteiger partial charge in [-0.3, -0.25) is 4.79 Å². The molecule has 1 aromatic carbocycles. The predicted octanol–water partition coefficient (Wildman–Crippen LogP) is -0.610. The van der Waals surface area contributed by atoms with Gasteiger partial charge in [0, 0.05) is 6.42 Å². The smallest absolute Gasteiger partial charge is 0.475 e. The number of carbonyl (C=O) groups is 2. The summed E-state index contributed by atoms with van der Waals surface area (Å²) in [6, 6.07) is 9.01. The minimum absolute atomic E-state index is 0.0362. The van der Waals surface area contributed by atoms with Gasteiger partial charge in [-0.25, -0.2) is 9.78 Å². The molecule has 5 N–H and O–H groups in total. The Morgan fingerprint density at radius 3 is 2.52 bits per heavy atom. The van der Waals surface area contributed by atoms with Crippen LogP contribution in [0.2, 0.25) is 0 Å². The molecule has 9 heteroatoms. The minimum atomic E-state index is -1.80. The molecule has 0 saturated carbocycles. The first-order valence-electron chi connectivity index (χ1n) is 6.92. The van der Waals surface area contributed by atoms with Crippen LogP contribution < -0.4 is 5.32 Å². The van der Waals surface area contributed by atoms with Gasteiger partial charge in [0.05, 0.1) is 18.6 Å². The lowest BCUT2D eigenvalue weighted by Gasteiger charge is -2.16. The summed E-state index contributed by atoms with van der Waals surface area (Å²) in [5.41, 5.74) is 0.684. The average molecular weight is 317 g/mol. The molecule has 0 saturated heterocycles. The van der Waals surface area contributed by atoms with Crippen molar-refractivity contribution in [2.24, 2.45) is 0 Å². The molecule has 1 heterocycles. The van der Waals surface area contributed by atoms with E-state index in [0.717, 1.165) is 11.8 Å². The number of imidazole rings is 1. The Balaban J connectivity index is 1.97. The zero-order valence-corrected chi connectivity index (χ0v) is 12.1. The molecule has 0 aliphatic rings. The Kier molecular flexibility index (Phi) is 5.50. The van der Waals surface area contributed by atoms with E-state index in [0.29, 0.717) is 0 Å². The van der Waals surface area contributed by atoms with Crippen molar-refractivity contribution in [1.29, 1.82) is 0 Å². The van der Waals surface area contributed by atoms with E-state index in [1.807, 2.05) is 6.07 Å². The third-order valence-electron chi connectivity index (χ3n) is 3.19. The SMILES string of the molecule is O=C(Cc1ccccc1)N[C@H](Cc1ncc(C(=O)O)[nH]1)B(O)O. The number of carbonyl (C=O) groups excluding carboxylic acids is 1. The quantitative estimate of drug-likeness (QED) is 0.432. The normalized spacial score (nSPS) is 11.7. The maximum absolute atomic E-state index is 12.0. The number of benzene rings is 1. The van der Waals surface area contributed by atoms with Gasteiger partial charge in [0.25, 0.3) is 0 Å². The first-order chi connectivity index (χ1) is 11.0. The highest BCUT2D eigenvalue weighted by molar-refractivity contribution is 6.43. The van der Waals surface area contributed by atoms with E-state index in [4.69, 9.17) is 5.11 Å². The number of hydrogen-bond donors (Lipinski definition) is 5. The number of aromatic carboxylic acids is 1. The minimum Gasteiger partial charge on any atom is -0.477 e. The molecular weight excluding hydrogens is 301 g/mol. The molecule has 0 fully saturated rings. The van der Waals surface area contributed by atoms with Crippen LogP contribution in [0.15, 0.2) is 36.5 Å². The van der Waals surface area contributed by atoms with E-state index in [9.17, 15) is 19.6 Å². The van der Waals surface area contributed by atoms with Gasteiger partial charge >= 0.3 is 13.1 Å². The van der Waals surface area contributed by atoms with Crippen LogP contribution in [0.3, 0.4) is 0 Å². The second kappa shape index (κ2) is 7.57. The summed E-state index contributed by atoms with van der Waals surface area (Å²) in [4.78, 5) is 29.1. The standard InChI is InChI=1S/C14H16BN3O5/c19-13(6-9-4-2-1-3-5-9)18-11(15(22)23)7-12-16-8-10(17-12)14(20)21/h1-5,8,11,22-23H,6-7H2,(H,16,17)(H,18,19)(H,20,21)/t11-/m1/s1. The zero-order chi connectivity index (χ0) is 16.8. The fourth-order valence-corrected chi connectivity index (χ4v) is 2.05. The summed E-state index contributed by atoms with van der Waals surface area (Å²) >= 11 is 0. The highest BCUT2D eigenvalue weighted by Gasteiger charge is 2.27. The third kappa shape index (κ3) is 4.94. The van der Waals surface area contributed by atoms with Gasteiger partial charge in [0.15, 0.2) is 0 Å². The van der Waals surface area contributed by atoms with E-state index >= 15 is 0 Å². The first-order valence-corrected chi connectivity index (χ1v) is 6.92. The lowest BCUT2D eigenvalue weighted by atomic mass is 9.77. The molecule has 1 aromatic heterocycles. The number of nitrogens with one attached hydrogen (secondary N) is 2. The largest absolute Gasteiger partial charge is 0.477 e. The van der Waals surface area contributed by atoms with Crippen LogP contribution >= 0.6 is 0 Å². The molecule has 8 nitrogen and oxygen atoms in total. The molecule has 0 aliphatic carbocycles. The van der Waals surface area contributed by atoms with Gasteiger partial charge < -0.3 is 25.5 Å². The van der Waals surface area contributed by atoms with Crippen molar-refractivity contribution in [3.63, 3.8) is 0 Å². The highest BCUT2D eigenvalue weighted by atomic mass is 16.4. The fraction of sp³-hybridized carbons (Fsp3) is 0.214. The van der Waals surface area contributed by atoms with Crippen molar-refractivity contribution in [2.45, 2.75) is 18.8 Å². The van der Waals surface area contributed by atoms with Crippen LogP contribution in [-0.4, -0.2) is 50.1 Å². The molecule has 2 rings (SSSR count). The Morgan fingerprint density at radius 2 is 1.96 bits per heavy atom. The number of carboxylic acid groups (broad SMARTS) is 1. The van der Waals surface area contributed by atoms with E-state index in [1.54, 1.807) is 24.3 Å². The van der Waals surface area contributed by atoms with Crippen LogP contribution in [0, 0.1) is 0 Å². The summed E-state index contributed by atoms with van der Waals surface area (Å²) < 4.78 is 0. The maximum Gasteiger partial charge on any atom is 0.475 e. The van der Waals surface area contributed by atoms with E-state index in [-0.39, 0.29) is 30.3 Å². The third-order valence-corrected chi connectivity index (χ3v) is 3.19. The number of amides is 1. The Morgan fingerprint density at radius 1 is 1.26 bits per heavy atom. The molecule has 0 bridgehead atoms. The van der Waals surface area contributed by atoms with Crippen molar-refractivity contribution in [1.82, 2.24) is 15.3 Å². The van der Waals surface area contributed by atoms with Crippen molar-refractivity contribution < 1.29 is 24.7 Å². The lowest BCUT2D eigenvalue weighted by molar-refractivity contribution is -0.120. The number of carboxylic acids is 1. The van der Waals surface area contributed by atoms with Gasteiger partial charge in [-0.05, 0) is 5.56 Å². The lowest BCUT2D eigenvalue weighted by Crippen LogP contribution is -2.48. The Labute approximate surface area is 132 Å². The van der Waals surface area contributed by atoms with Gasteiger partial charge in [-0.2, -0.15) is 0 Å². The molecule has 0 aliphatic heterocycles. The van der Waals surface area contributed by atoms with Crippen LogP contribution in [0.25, 0.3) is 0 Å². The summed E-state index contributed by atoms with van der Waals surface area (Å²) in [5.74, 6) is -2.31. The maximum atomic E-state index is 12.0. The summed E-state index contributed by atoms with van der Waals surface area (Å²) in [6.07, 6.45) is 1.19. The van der Waals surface area contributed by atoms with Gasteiger partial charge in [-0.15, -0.1) is 0 Å².